The van der Waals surface area contributed by atoms with Gasteiger partial charge in [0, 0.05) is 6.42 Å². The van der Waals surface area contributed by atoms with Gasteiger partial charge in [-0.05, 0) is 36.9 Å². The second kappa shape index (κ2) is 8.02. The molecule has 0 saturated heterocycles. The molecule has 1 aromatic rings. The van der Waals surface area contributed by atoms with Crippen LogP contribution in [0.4, 0.5) is 0 Å². The van der Waals surface area contributed by atoms with Crippen molar-refractivity contribution in [2.24, 2.45) is 17.6 Å². The van der Waals surface area contributed by atoms with E-state index in [1.165, 1.54) is 0 Å². The first kappa shape index (κ1) is 15.8. The number of ether oxygens (including phenoxy) is 1. The zero-order valence-electron chi connectivity index (χ0n) is 11.0. The third-order valence-electron chi connectivity index (χ3n) is 2.89. The van der Waals surface area contributed by atoms with Crippen molar-refractivity contribution >= 4 is 17.6 Å². The van der Waals surface area contributed by atoms with Gasteiger partial charge in [-0.2, -0.15) is 0 Å². The Morgan fingerprint density at radius 1 is 1.47 bits per heavy atom. The average Bonchev–Trinajstić information content (AvgIpc) is 2.36. The normalized spacial score (nSPS) is 13.8. The zero-order chi connectivity index (χ0) is 14.3. The van der Waals surface area contributed by atoms with E-state index in [0.717, 1.165) is 6.42 Å². The van der Waals surface area contributed by atoms with Crippen LogP contribution in [0.3, 0.4) is 0 Å². The Morgan fingerprint density at radius 2 is 2.16 bits per heavy atom. The lowest BCUT2D eigenvalue weighted by molar-refractivity contribution is -0.138. The van der Waals surface area contributed by atoms with E-state index in [4.69, 9.17) is 27.2 Å². The fourth-order valence-electron chi connectivity index (χ4n) is 1.94. The van der Waals surface area contributed by atoms with E-state index in [-0.39, 0.29) is 18.3 Å². The summed E-state index contributed by atoms with van der Waals surface area (Å²) in [6.07, 6.45) is 0.834. The standard InChI is InChI=1S/C14H20ClNO3/c1-10(6-11(8-16)7-14(17)18)9-19-13-5-3-2-4-12(13)15/h2-5,10-11H,6-9,16H2,1H3,(H,17,18)/t10-,11-/m0/s1. The fourth-order valence-corrected chi connectivity index (χ4v) is 2.13. The highest BCUT2D eigenvalue weighted by molar-refractivity contribution is 6.32. The molecule has 1 rings (SSSR count). The van der Waals surface area contributed by atoms with Gasteiger partial charge in [-0.15, -0.1) is 0 Å². The van der Waals surface area contributed by atoms with E-state index in [9.17, 15) is 4.79 Å². The monoisotopic (exact) mass is 285 g/mol. The van der Waals surface area contributed by atoms with E-state index < -0.39 is 5.97 Å². The SMILES string of the molecule is C[C@H](COc1ccccc1Cl)C[C@H](CN)CC(=O)O. The van der Waals surface area contributed by atoms with Crippen molar-refractivity contribution in [2.45, 2.75) is 19.8 Å². The van der Waals surface area contributed by atoms with Gasteiger partial charge in [0.25, 0.3) is 0 Å². The van der Waals surface area contributed by atoms with E-state index in [1.807, 2.05) is 25.1 Å². The summed E-state index contributed by atoms with van der Waals surface area (Å²) in [5.74, 6) is 0.0553. The van der Waals surface area contributed by atoms with Crippen molar-refractivity contribution in [3.63, 3.8) is 0 Å². The summed E-state index contributed by atoms with van der Waals surface area (Å²) in [6, 6.07) is 7.29. The molecule has 0 heterocycles. The van der Waals surface area contributed by atoms with Gasteiger partial charge in [-0.25, -0.2) is 0 Å². The maximum atomic E-state index is 10.7. The number of carboxylic acid groups (broad SMARTS) is 1. The first-order valence-electron chi connectivity index (χ1n) is 6.32. The summed E-state index contributed by atoms with van der Waals surface area (Å²) >= 11 is 5.99. The summed E-state index contributed by atoms with van der Waals surface area (Å²) in [4.78, 5) is 10.7. The minimum Gasteiger partial charge on any atom is -0.492 e. The number of carboxylic acids is 1. The molecule has 0 fully saturated rings. The molecule has 2 atom stereocenters. The van der Waals surface area contributed by atoms with E-state index in [2.05, 4.69) is 0 Å². The van der Waals surface area contributed by atoms with Crippen LogP contribution in [-0.4, -0.2) is 24.2 Å². The maximum Gasteiger partial charge on any atom is 0.303 e. The molecule has 1 aromatic carbocycles. The molecule has 0 aliphatic heterocycles. The molecule has 0 aliphatic carbocycles. The molecule has 106 valence electrons. The van der Waals surface area contributed by atoms with E-state index >= 15 is 0 Å². The molecule has 5 heteroatoms. The Morgan fingerprint density at radius 3 is 2.74 bits per heavy atom. The van der Waals surface area contributed by atoms with Crippen LogP contribution in [0.2, 0.25) is 5.02 Å². The molecule has 19 heavy (non-hydrogen) atoms. The van der Waals surface area contributed by atoms with Gasteiger partial charge in [0.05, 0.1) is 11.6 Å². The quantitative estimate of drug-likeness (QED) is 0.770. The lowest BCUT2D eigenvalue weighted by atomic mass is 9.94. The summed E-state index contributed by atoms with van der Waals surface area (Å²) in [5.41, 5.74) is 5.58. The predicted octanol–water partition coefficient (Wildman–Crippen LogP) is 2.79. The molecule has 0 radical (unpaired) electrons. The van der Waals surface area contributed by atoms with Gasteiger partial charge in [0.15, 0.2) is 0 Å². The average molecular weight is 286 g/mol. The molecule has 0 saturated carbocycles. The number of hydrogen-bond acceptors (Lipinski definition) is 3. The molecule has 0 spiro atoms. The number of rotatable bonds is 8. The number of nitrogens with two attached hydrogens (primary N) is 1. The van der Waals surface area contributed by atoms with Gasteiger partial charge in [0.1, 0.15) is 5.75 Å². The van der Waals surface area contributed by atoms with Crippen LogP contribution >= 0.6 is 11.6 Å². The molecule has 0 unspecified atom stereocenters. The van der Waals surface area contributed by atoms with Crippen LogP contribution in [0.15, 0.2) is 24.3 Å². The summed E-state index contributed by atoms with van der Waals surface area (Å²) in [7, 11) is 0. The molecular formula is C14H20ClNO3. The van der Waals surface area contributed by atoms with Crippen molar-refractivity contribution < 1.29 is 14.6 Å². The topological polar surface area (TPSA) is 72.5 Å². The number of halogens is 1. The summed E-state index contributed by atoms with van der Waals surface area (Å²) in [6.45, 7) is 2.89. The number of benzene rings is 1. The van der Waals surface area contributed by atoms with Gasteiger partial charge >= 0.3 is 5.97 Å². The lowest BCUT2D eigenvalue weighted by Crippen LogP contribution is -2.22. The highest BCUT2D eigenvalue weighted by atomic mass is 35.5. The van der Waals surface area contributed by atoms with Crippen molar-refractivity contribution in [3.05, 3.63) is 29.3 Å². The van der Waals surface area contributed by atoms with Crippen LogP contribution in [-0.2, 0) is 4.79 Å². The van der Waals surface area contributed by atoms with Gasteiger partial charge in [-0.1, -0.05) is 30.7 Å². The Hall–Kier alpha value is -1.26. The Labute approximate surface area is 118 Å². The van der Waals surface area contributed by atoms with Crippen molar-refractivity contribution in [1.29, 1.82) is 0 Å². The molecular weight excluding hydrogens is 266 g/mol. The number of para-hydroxylation sites is 1. The number of hydrogen-bond donors (Lipinski definition) is 2. The highest BCUT2D eigenvalue weighted by Gasteiger charge is 2.16. The van der Waals surface area contributed by atoms with Gasteiger partial charge < -0.3 is 15.6 Å². The van der Waals surface area contributed by atoms with Crippen LogP contribution in [0.1, 0.15) is 19.8 Å². The number of aliphatic carboxylic acids is 1. The second-order valence-corrected chi connectivity index (χ2v) is 5.19. The zero-order valence-corrected chi connectivity index (χ0v) is 11.8. The third-order valence-corrected chi connectivity index (χ3v) is 3.20. The Bertz CT molecular complexity index is 411. The molecule has 0 aromatic heterocycles. The first-order valence-corrected chi connectivity index (χ1v) is 6.70. The predicted molar refractivity (Wildman–Crippen MR) is 75.5 cm³/mol. The lowest BCUT2D eigenvalue weighted by Gasteiger charge is -2.18. The van der Waals surface area contributed by atoms with E-state index in [0.29, 0.717) is 23.9 Å². The molecule has 0 amide bonds. The Balaban J connectivity index is 2.40. The first-order chi connectivity index (χ1) is 9.02. The molecule has 4 nitrogen and oxygen atoms in total. The Kier molecular flexibility index (Phi) is 6.67. The van der Waals surface area contributed by atoms with Crippen LogP contribution in [0.5, 0.6) is 5.75 Å². The molecule has 0 aliphatic rings. The van der Waals surface area contributed by atoms with Crippen molar-refractivity contribution in [2.75, 3.05) is 13.2 Å². The summed E-state index contributed by atoms with van der Waals surface area (Å²) < 4.78 is 5.63. The van der Waals surface area contributed by atoms with Crippen molar-refractivity contribution in [1.82, 2.24) is 0 Å². The van der Waals surface area contributed by atoms with Crippen LogP contribution in [0.25, 0.3) is 0 Å². The largest absolute Gasteiger partial charge is 0.492 e. The second-order valence-electron chi connectivity index (χ2n) is 4.78. The smallest absolute Gasteiger partial charge is 0.303 e. The number of carbonyl (C=O) groups is 1. The van der Waals surface area contributed by atoms with Gasteiger partial charge in [-0.3, -0.25) is 4.79 Å². The highest BCUT2D eigenvalue weighted by Crippen LogP contribution is 2.24. The third kappa shape index (κ3) is 5.94. The molecule has 3 N–H and O–H groups in total. The van der Waals surface area contributed by atoms with Crippen molar-refractivity contribution in [3.8, 4) is 5.75 Å². The van der Waals surface area contributed by atoms with E-state index in [1.54, 1.807) is 6.07 Å². The molecule has 0 bridgehead atoms. The minimum atomic E-state index is -0.810. The van der Waals surface area contributed by atoms with Crippen LogP contribution < -0.4 is 10.5 Å². The maximum absolute atomic E-state index is 10.7. The fraction of sp³-hybridized carbons (Fsp3) is 0.500. The minimum absolute atomic E-state index is 0.0117. The van der Waals surface area contributed by atoms with Crippen LogP contribution in [0, 0.1) is 11.8 Å². The van der Waals surface area contributed by atoms with Gasteiger partial charge in [0.2, 0.25) is 0 Å². The summed E-state index contributed by atoms with van der Waals surface area (Å²) in [5, 5.41) is 9.35.